The lowest BCUT2D eigenvalue weighted by atomic mass is 10.1. The molecule has 0 amide bonds. The minimum atomic E-state index is 0.465. The highest BCUT2D eigenvalue weighted by molar-refractivity contribution is 5.41. The summed E-state index contributed by atoms with van der Waals surface area (Å²) in [7, 11) is 5.23. The van der Waals surface area contributed by atoms with E-state index in [9.17, 15) is 0 Å². The van der Waals surface area contributed by atoms with Crippen LogP contribution in [0.1, 0.15) is 11.1 Å². The molecule has 0 saturated carbocycles. The maximum absolute atomic E-state index is 5.94. The first-order valence-electron chi connectivity index (χ1n) is 6.84. The van der Waals surface area contributed by atoms with E-state index in [0.29, 0.717) is 6.61 Å². The lowest BCUT2D eigenvalue weighted by molar-refractivity contribution is 0.292. The van der Waals surface area contributed by atoms with Gasteiger partial charge in [-0.05, 0) is 31.3 Å². The molecule has 2 aromatic rings. The number of ether oxygens (including phenoxy) is 3. The molecule has 4 heteroatoms. The van der Waals surface area contributed by atoms with Crippen LogP contribution in [0.2, 0.25) is 0 Å². The SMILES string of the molecule is CNCc1cc(OC)ccc1OCc1ccccc1OC. The van der Waals surface area contributed by atoms with Crippen LogP contribution in [-0.2, 0) is 13.2 Å². The lowest BCUT2D eigenvalue weighted by Crippen LogP contribution is -2.08. The van der Waals surface area contributed by atoms with E-state index in [2.05, 4.69) is 5.32 Å². The Bertz CT molecular complexity index is 584. The molecular formula is C17H21NO3. The summed E-state index contributed by atoms with van der Waals surface area (Å²) in [6, 6.07) is 13.7. The van der Waals surface area contributed by atoms with Crippen molar-refractivity contribution in [2.75, 3.05) is 21.3 Å². The van der Waals surface area contributed by atoms with E-state index < -0.39 is 0 Å². The van der Waals surface area contributed by atoms with Crippen molar-refractivity contribution in [3.63, 3.8) is 0 Å². The first-order chi connectivity index (χ1) is 10.3. The van der Waals surface area contributed by atoms with Crippen molar-refractivity contribution >= 4 is 0 Å². The zero-order valence-electron chi connectivity index (χ0n) is 12.7. The molecule has 0 radical (unpaired) electrons. The topological polar surface area (TPSA) is 39.7 Å². The van der Waals surface area contributed by atoms with Gasteiger partial charge in [0.1, 0.15) is 23.9 Å². The Morgan fingerprint density at radius 2 is 1.71 bits per heavy atom. The molecule has 0 unspecified atom stereocenters. The standard InChI is InChI=1S/C17H21NO3/c1-18-11-14-10-15(19-2)8-9-17(14)21-12-13-6-4-5-7-16(13)20-3/h4-10,18H,11-12H2,1-3H3. The maximum Gasteiger partial charge on any atom is 0.125 e. The molecule has 0 aliphatic heterocycles. The second-order valence-electron chi connectivity index (χ2n) is 4.60. The second kappa shape index (κ2) is 7.55. The van der Waals surface area contributed by atoms with Crippen molar-refractivity contribution in [3.05, 3.63) is 53.6 Å². The molecule has 0 saturated heterocycles. The summed E-state index contributed by atoms with van der Waals surface area (Å²) in [5, 5.41) is 3.14. The smallest absolute Gasteiger partial charge is 0.125 e. The predicted molar refractivity (Wildman–Crippen MR) is 83.1 cm³/mol. The minimum Gasteiger partial charge on any atom is -0.497 e. The van der Waals surface area contributed by atoms with Crippen LogP contribution in [0.15, 0.2) is 42.5 Å². The Hall–Kier alpha value is -2.20. The first kappa shape index (κ1) is 15.2. The molecule has 0 spiro atoms. The lowest BCUT2D eigenvalue weighted by Gasteiger charge is -2.14. The van der Waals surface area contributed by atoms with Crippen LogP contribution in [0, 0.1) is 0 Å². The highest BCUT2D eigenvalue weighted by Gasteiger charge is 2.07. The number of hydrogen-bond acceptors (Lipinski definition) is 4. The fraction of sp³-hybridized carbons (Fsp3) is 0.294. The van der Waals surface area contributed by atoms with Gasteiger partial charge in [-0.25, -0.2) is 0 Å². The van der Waals surface area contributed by atoms with Crippen LogP contribution in [0.5, 0.6) is 17.2 Å². The fourth-order valence-corrected chi connectivity index (χ4v) is 2.13. The highest BCUT2D eigenvalue weighted by Crippen LogP contribution is 2.26. The van der Waals surface area contributed by atoms with Crippen LogP contribution in [0.3, 0.4) is 0 Å². The molecule has 112 valence electrons. The molecule has 0 aliphatic carbocycles. The summed E-state index contributed by atoms with van der Waals surface area (Å²) in [5.41, 5.74) is 2.08. The molecule has 0 fully saturated rings. The molecular weight excluding hydrogens is 266 g/mol. The van der Waals surface area contributed by atoms with Crippen molar-refractivity contribution in [2.24, 2.45) is 0 Å². The Balaban J connectivity index is 2.15. The Labute approximate surface area is 125 Å². The van der Waals surface area contributed by atoms with E-state index in [1.807, 2.05) is 49.5 Å². The van der Waals surface area contributed by atoms with Crippen molar-refractivity contribution < 1.29 is 14.2 Å². The first-order valence-corrected chi connectivity index (χ1v) is 6.84. The van der Waals surface area contributed by atoms with Crippen LogP contribution >= 0.6 is 0 Å². The Morgan fingerprint density at radius 3 is 2.43 bits per heavy atom. The summed E-state index contributed by atoms with van der Waals surface area (Å²) in [4.78, 5) is 0. The van der Waals surface area contributed by atoms with Gasteiger partial charge >= 0.3 is 0 Å². The van der Waals surface area contributed by atoms with Crippen LogP contribution in [0.4, 0.5) is 0 Å². The van der Waals surface area contributed by atoms with Gasteiger partial charge in [0, 0.05) is 17.7 Å². The van der Waals surface area contributed by atoms with Crippen LogP contribution < -0.4 is 19.5 Å². The van der Waals surface area contributed by atoms with Gasteiger partial charge in [0.2, 0.25) is 0 Å². The van der Waals surface area contributed by atoms with Crippen molar-refractivity contribution in [1.82, 2.24) is 5.32 Å². The molecule has 1 N–H and O–H groups in total. The highest BCUT2D eigenvalue weighted by atomic mass is 16.5. The van der Waals surface area contributed by atoms with E-state index in [4.69, 9.17) is 14.2 Å². The fourth-order valence-electron chi connectivity index (χ4n) is 2.13. The molecule has 4 nitrogen and oxygen atoms in total. The molecule has 0 aliphatic rings. The number of hydrogen-bond donors (Lipinski definition) is 1. The van der Waals surface area contributed by atoms with E-state index in [1.165, 1.54) is 0 Å². The third kappa shape index (κ3) is 3.89. The van der Waals surface area contributed by atoms with Crippen molar-refractivity contribution in [2.45, 2.75) is 13.2 Å². The van der Waals surface area contributed by atoms with Gasteiger partial charge in [0.05, 0.1) is 14.2 Å². The average Bonchev–Trinajstić information content (AvgIpc) is 2.54. The molecule has 0 bridgehead atoms. The van der Waals surface area contributed by atoms with E-state index in [0.717, 1.165) is 34.9 Å². The molecule has 2 aromatic carbocycles. The summed E-state index contributed by atoms with van der Waals surface area (Å²) < 4.78 is 16.5. The van der Waals surface area contributed by atoms with Gasteiger partial charge in [-0.1, -0.05) is 18.2 Å². The number of nitrogens with one attached hydrogen (secondary N) is 1. The van der Waals surface area contributed by atoms with E-state index in [1.54, 1.807) is 14.2 Å². The van der Waals surface area contributed by atoms with Crippen molar-refractivity contribution in [1.29, 1.82) is 0 Å². The summed E-state index contributed by atoms with van der Waals surface area (Å²) >= 11 is 0. The number of methoxy groups -OCH3 is 2. The maximum atomic E-state index is 5.94. The minimum absolute atomic E-state index is 0.465. The Morgan fingerprint density at radius 1 is 0.905 bits per heavy atom. The molecule has 21 heavy (non-hydrogen) atoms. The van der Waals surface area contributed by atoms with E-state index >= 15 is 0 Å². The third-order valence-electron chi connectivity index (χ3n) is 3.21. The second-order valence-corrected chi connectivity index (χ2v) is 4.60. The molecule has 0 aromatic heterocycles. The van der Waals surface area contributed by atoms with E-state index in [-0.39, 0.29) is 0 Å². The summed E-state index contributed by atoms with van der Waals surface area (Å²) in [6.45, 7) is 1.19. The van der Waals surface area contributed by atoms with Gasteiger partial charge < -0.3 is 19.5 Å². The molecule has 2 rings (SSSR count). The predicted octanol–water partition coefficient (Wildman–Crippen LogP) is 3.00. The normalized spacial score (nSPS) is 10.2. The number of rotatable bonds is 7. The zero-order chi connectivity index (χ0) is 15.1. The number of para-hydroxylation sites is 1. The molecule has 0 heterocycles. The average molecular weight is 287 g/mol. The summed E-state index contributed by atoms with van der Waals surface area (Å²) in [6.07, 6.45) is 0. The van der Waals surface area contributed by atoms with Gasteiger partial charge in [0.15, 0.2) is 0 Å². The van der Waals surface area contributed by atoms with Gasteiger partial charge in [-0.15, -0.1) is 0 Å². The van der Waals surface area contributed by atoms with Crippen molar-refractivity contribution in [3.8, 4) is 17.2 Å². The van der Waals surface area contributed by atoms with Gasteiger partial charge in [0.25, 0.3) is 0 Å². The summed E-state index contributed by atoms with van der Waals surface area (Å²) in [5.74, 6) is 2.50. The zero-order valence-corrected chi connectivity index (χ0v) is 12.7. The van der Waals surface area contributed by atoms with Gasteiger partial charge in [-0.2, -0.15) is 0 Å². The molecule has 0 atom stereocenters. The third-order valence-corrected chi connectivity index (χ3v) is 3.21. The Kier molecular flexibility index (Phi) is 5.46. The number of benzene rings is 2. The van der Waals surface area contributed by atoms with Crippen LogP contribution in [0.25, 0.3) is 0 Å². The van der Waals surface area contributed by atoms with Crippen LogP contribution in [-0.4, -0.2) is 21.3 Å². The largest absolute Gasteiger partial charge is 0.497 e. The monoisotopic (exact) mass is 287 g/mol. The van der Waals surface area contributed by atoms with Gasteiger partial charge in [-0.3, -0.25) is 0 Å². The quantitative estimate of drug-likeness (QED) is 0.850.